The molecule has 0 aliphatic carbocycles. The van der Waals surface area contributed by atoms with E-state index in [0.29, 0.717) is 16.5 Å². The lowest BCUT2D eigenvalue weighted by Crippen LogP contribution is -2.10. The van der Waals surface area contributed by atoms with Crippen LogP contribution in [0.3, 0.4) is 0 Å². The van der Waals surface area contributed by atoms with Crippen LogP contribution in [0.2, 0.25) is 5.02 Å². The Morgan fingerprint density at radius 3 is 2.94 bits per heavy atom. The molecule has 18 heavy (non-hydrogen) atoms. The maximum Gasteiger partial charge on any atom is 0.292 e. The summed E-state index contributed by atoms with van der Waals surface area (Å²) in [6.45, 7) is 1.81. The van der Waals surface area contributed by atoms with Crippen molar-refractivity contribution in [3.05, 3.63) is 45.5 Å². The maximum absolute atomic E-state index is 10.9. The van der Waals surface area contributed by atoms with Gasteiger partial charge in [0.25, 0.3) is 5.69 Å². The number of nitrogens with one attached hydrogen (secondary N) is 2. The monoisotopic (exact) mass is 267 g/mol. The number of benzene rings is 1. The summed E-state index contributed by atoms with van der Waals surface area (Å²) in [5.41, 5.74) is 0.308. The van der Waals surface area contributed by atoms with Crippen LogP contribution >= 0.6 is 11.6 Å². The largest absolute Gasteiger partial charge is 0.370 e. The van der Waals surface area contributed by atoms with E-state index in [1.807, 2.05) is 6.92 Å². The third-order valence-corrected chi connectivity index (χ3v) is 2.61. The number of halogens is 1. The zero-order valence-corrected chi connectivity index (χ0v) is 10.2. The van der Waals surface area contributed by atoms with Crippen LogP contribution in [0, 0.1) is 10.1 Å². The maximum atomic E-state index is 10.9. The zero-order valence-electron chi connectivity index (χ0n) is 9.42. The number of nitro groups is 1. The topological polar surface area (TPSA) is 96.7 Å². The predicted octanol–water partition coefficient (Wildman–Crippen LogP) is 2.54. The van der Waals surface area contributed by atoms with Crippen molar-refractivity contribution in [2.24, 2.45) is 0 Å². The van der Waals surface area contributed by atoms with E-state index in [1.165, 1.54) is 24.5 Å². The molecule has 2 rings (SSSR count). The number of hydrogen-bond donors (Lipinski definition) is 2. The lowest BCUT2D eigenvalue weighted by Gasteiger charge is -2.12. The first-order chi connectivity index (χ1) is 8.58. The molecule has 2 aromatic rings. The Kier molecular flexibility index (Phi) is 3.42. The minimum absolute atomic E-state index is 0.0363. The molecule has 7 nitrogen and oxygen atoms in total. The molecule has 0 amide bonds. The van der Waals surface area contributed by atoms with Crippen LogP contribution in [-0.2, 0) is 0 Å². The Bertz CT molecular complexity index is 557. The van der Waals surface area contributed by atoms with Gasteiger partial charge in [-0.2, -0.15) is 5.10 Å². The molecular weight excluding hydrogens is 258 g/mol. The average molecular weight is 268 g/mol. The Morgan fingerprint density at radius 1 is 1.56 bits per heavy atom. The SMILES string of the molecule is CC(Nc1cc(Cl)ccc1[N+](=O)[O-])c1ncn[nH]1. The first kappa shape index (κ1) is 12.3. The second-order valence-electron chi connectivity index (χ2n) is 3.66. The molecule has 1 aromatic carbocycles. The standard InChI is InChI=1S/C10H10ClN5O2/c1-6(10-12-5-13-15-10)14-8-4-7(11)2-3-9(8)16(17)18/h2-6,14H,1H3,(H,12,13,15). The molecular formula is C10H10ClN5O2. The molecule has 1 aromatic heterocycles. The van der Waals surface area contributed by atoms with Gasteiger partial charge in [0.2, 0.25) is 0 Å². The number of aromatic nitrogens is 3. The van der Waals surface area contributed by atoms with Crippen LogP contribution in [0.5, 0.6) is 0 Å². The smallest absolute Gasteiger partial charge is 0.292 e. The fourth-order valence-electron chi connectivity index (χ4n) is 1.51. The van der Waals surface area contributed by atoms with Gasteiger partial charge in [-0.25, -0.2) is 4.98 Å². The Balaban J connectivity index is 2.28. The number of nitrogens with zero attached hydrogens (tertiary/aromatic N) is 3. The Labute approximate surface area is 107 Å². The third kappa shape index (κ3) is 2.57. The number of rotatable bonds is 4. The summed E-state index contributed by atoms with van der Waals surface area (Å²) in [6.07, 6.45) is 1.37. The van der Waals surface area contributed by atoms with Crippen LogP contribution in [-0.4, -0.2) is 20.1 Å². The minimum Gasteiger partial charge on any atom is -0.370 e. The van der Waals surface area contributed by atoms with E-state index in [0.717, 1.165) is 0 Å². The summed E-state index contributed by atoms with van der Waals surface area (Å²) in [5, 5.41) is 20.7. The van der Waals surface area contributed by atoms with Crippen molar-refractivity contribution in [2.45, 2.75) is 13.0 Å². The normalized spacial score (nSPS) is 12.1. The Morgan fingerprint density at radius 2 is 2.33 bits per heavy atom. The fourth-order valence-corrected chi connectivity index (χ4v) is 1.68. The summed E-state index contributed by atoms with van der Waals surface area (Å²) < 4.78 is 0. The molecule has 0 bridgehead atoms. The van der Waals surface area contributed by atoms with Crippen molar-refractivity contribution in [3.63, 3.8) is 0 Å². The van der Waals surface area contributed by atoms with Crippen LogP contribution in [0.1, 0.15) is 18.8 Å². The number of aromatic amines is 1. The van der Waals surface area contributed by atoms with Crippen molar-refractivity contribution in [1.82, 2.24) is 15.2 Å². The van der Waals surface area contributed by atoms with E-state index >= 15 is 0 Å². The van der Waals surface area contributed by atoms with Crippen LogP contribution in [0.25, 0.3) is 0 Å². The first-order valence-electron chi connectivity index (χ1n) is 5.13. The summed E-state index contributed by atoms with van der Waals surface area (Å²) in [6, 6.07) is 4.10. The molecule has 0 aliphatic rings. The summed E-state index contributed by atoms with van der Waals surface area (Å²) in [7, 11) is 0. The number of hydrogen-bond acceptors (Lipinski definition) is 5. The summed E-state index contributed by atoms with van der Waals surface area (Å²) in [5.74, 6) is 0.587. The minimum atomic E-state index is -0.466. The molecule has 8 heteroatoms. The van der Waals surface area contributed by atoms with Crippen molar-refractivity contribution in [3.8, 4) is 0 Å². The molecule has 1 atom stereocenters. The van der Waals surface area contributed by atoms with Crippen molar-refractivity contribution in [2.75, 3.05) is 5.32 Å². The van der Waals surface area contributed by atoms with Gasteiger partial charge in [0.1, 0.15) is 17.8 Å². The molecule has 0 saturated heterocycles. The van der Waals surface area contributed by atoms with Gasteiger partial charge in [0, 0.05) is 11.1 Å². The highest BCUT2D eigenvalue weighted by atomic mass is 35.5. The first-order valence-corrected chi connectivity index (χ1v) is 5.51. The number of nitro benzene ring substituents is 1. The van der Waals surface area contributed by atoms with E-state index in [9.17, 15) is 10.1 Å². The molecule has 2 N–H and O–H groups in total. The quantitative estimate of drug-likeness (QED) is 0.655. The van der Waals surface area contributed by atoms with Gasteiger partial charge in [-0.1, -0.05) is 11.6 Å². The number of anilines is 1. The van der Waals surface area contributed by atoms with Crippen LogP contribution < -0.4 is 5.32 Å². The van der Waals surface area contributed by atoms with Gasteiger partial charge in [-0.05, 0) is 19.1 Å². The fraction of sp³-hybridized carbons (Fsp3) is 0.200. The molecule has 94 valence electrons. The van der Waals surface area contributed by atoms with Crippen molar-refractivity contribution in [1.29, 1.82) is 0 Å². The van der Waals surface area contributed by atoms with Crippen molar-refractivity contribution >= 4 is 23.0 Å². The van der Waals surface area contributed by atoms with Crippen LogP contribution in [0.4, 0.5) is 11.4 Å². The zero-order chi connectivity index (χ0) is 13.1. The van der Waals surface area contributed by atoms with Gasteiger partial charge in [0.15, 0.2) is 0 Å². The molecule has 1 unspecified atom stereocenters. The van der Waals surface area contributed by atoms with Gasteiger partial charge in [0.05, 0.1) is 11.0 Å². The molecule has 0 aliphatic heterocycles. The van der Waals surface area contributed by atoms with Gasteiger partial charge >= 0.3 is 0 Å². The highest BCUT2D eigenvalue weighted by Crippen LogP contribution is 2.30. The second kappa shape index (κ2) is 5.01. The van der Waals surface area contributed by atoms with E-state index in [1.54, 1.807) is 0 Å². The van der Waals surface area contributed by atoms with Gasteiger partial charge in [-0.15, -0.1) is 0 Å². The van der Waals surface area contributed by atoms with E-state index in [-0.39, 0.29) is 11.7 Å². The molecule has 0 radical (unpaired) electrons. The van der Waals surface area contributed by atoms with Gasteiger partial charge in [-0.3, -0.25) is 15.2 Å². The lowest BCUT2D eigenvalue weighted by atomic mass is 10.2. The molecule has 0 fully saturated rings. The summed E-state index contributed by atoms with van der Waals surface area (Å²) >= 11 is 5.83. The van der Waals surface area contributed by atoms with Crippen LogP contribution in [0.15, 0.2) is 24.5 Å². The predicted molar refractivity (Wildman–Crippen MR) is 66.5 cm³/mol. The average Bonchev–Trinajstić information content (AvgIpc) is 2.81. The molecule has 1 heterocycles. The van der Waals surface area contributed by atoms with Gasteiger partial charge < -0.3 is 5.32 Å². The van der Waals surface area contributed by atoms with E-state index in [2.05, 4.69) is 20.5 Å². The highest BCUT2D eigenvalue weighted by Gasteiger charge is 2.17. The summed E-state index contributed by atoms with van der Waals surface area (Å²) in [4.78, 5) is 14.4. The Hall–Kier alpha value is -2.15. The second-order valence-corrected chi connectivity index (χ2v) is 4.09. The lowest BCUT2D eigenvalue weighted by molar-refractivity contribution is -0.384. The number of H-pyrrole nitrogens is 1. The molecule has 0 saturated carbocycles. The molecule has 0 spiro atoms. The highest BCUT2D eigenvalue weighted by molar-refractivity contribution is 6.31. The van der Waals surface area contributed by atoms with E-state index < -0.39 is 4.92 Å². The van der Waals surface area contributed by atoms with E-state index in [4.69, 9.17) is 11.6 Å². The third-order valence-electron chi connectivity index (χ3n) is 2.37. The van der Waals surface area contributed by atoms with Crippen molar-refractivity contribution < 1.29 is 4.92 Å².